The van der Waals surface area contributed by atoms with Crippen molar-refractivity contribution < 1.29 is 23.2 Å². The van der Waals surface area contributed by atoms with E-state index in [1.54, 1.807) is 26.0 Å². The van der Waals surface area contributed by atoms with E-state index in [1.807, 2.05) is 30.3 Å². The van der Waals surface area contributed by atoms with E-state index in [0.717, 1.165) is 5.56 Å². The summed E-state index contributed by atoms with van der Waals surface area (Å²) in [5.74, 6) is -0.487. The Morgan fingerprint density at radius 2 is 1.72 bits per heavy atom. The van der Waals surface area contributed by atoms with E-state index >= 15 is 0 Å². The van der Waals surface area contributed by atoms with E-state index in [0.29, 0.717) is 17.1 Å². The maximum absolute atomic E-state index is 12.7. The van der Waals surface area contributed by atoms with Gasteiger partial charge in [0.05, 0.1) is 11.8 Å². The molecule has 3 amide bonds. The molecule has 0 aliphatic heterocycles. The second kappa shape index (κ2) is 8.92. The van der Waals surface area contributed by atoms with Crippen molar-refractivity contribution in [2.75, 3.05) is 0 Å². The Kier molecular flexibility index (Phi) is 6.13. The Labute approximate surface area is 167 Å². The van der Waals surface area contributed by atoms with Crippen LogP contribution < -0.4 is 16.2 Å². The highest BCUT2D eigenvalue weighted by Crippen LogP contribution is 2.13. The second-order valence-electron chi connectivity index (χ2n) is 6.46. The number of furan rings is 2. The molecular formula is C21H21N3O5. The van der Waals surface area contributed by atoms with Gasteiger partial charge in [-0.2, -0.15) is 0 Å². The van der Waals surface area contributed by atoms with Crippen molar-refractivity contribution in [2.24, 2.45) is 0 Å². The minimum Gasteiger partial charge on any atom is -0.466 e. The molecule has 0 aliphatic carbocycles. The molecule has 8 heteroatoms. The lowest BCUT2D eigenvalue weighted by Gasteiger charge is -2.18. The normalized spacial score (nSPS) is 11.5. The Morgan fingerprint density at radius 1 is 0.966 bits per heavy atom. The van der Waals surface area contributed by atoms with Crippen LogP contribution >= 0.6 is 0 Å². The van der Waals surface area contributed by atoms with Crippen molar-refractivity contribution in [2.45, 2.75) is 26.3 Å². The minimum absolute atomic E-state index is 0.0874. The largest absolute Gasteiger partial charge is 0.466 e. The van der Waals surface area contributed by atoms with E-state index in [4.69, 9.17) is 8.83 Å². The van der Waals surface area contributed by atoms with Crippen molar-refractivity contribution in [1.82, 2.24) is 16.2 Å². The first-order chi connectivity index (χ1) is 13.9. The van der Waals surface area contributed by atoms with Gasteiger partial charge in [-0.1, -0.05) is 30.3 Å². The van der Waals surface area contributed by atoms with Crippen molar-refractivity contribution in [3.8, 4) is 0 Å². The Morgan fingerprint density at radius 3 is 2.34 bits per heavy atom. The van der Waals surface area contributed by atoms with Gasteiger partial charge in [-0.3, -0.25) is 25.2 Å². The van der Waals surface area contributed by atoms with Gasteiger partial charge in [0.15, 0.2) is 5.76 Å². The van der Waals surface area contributed by atoms with Gasteiger partial charge in [0.25, 0.3) is 17.7 Å². The lowest BCUT2D eigenvalue weighted by Crippen LogP contribution is -2.53. The Balaban J connectivity index is 1.68. The fourth-order valence-corrected chi connectivity index (χ4v) is 2.83. The number of hydrazine groups is 1. The molecule has 1 aromatic carbocycles. The van der Waals surface area contributed by atoms with Crippen LogP contribution in [0.1, 0.15) is 38.0 Å². The number of amides is 3. The zero-order valence-electron chi connectivity index (χ0n) is 16.0. The molecule has 0 aliphatic rings. The van der Waals surface area contributed by atoms with E-state index in [-0.39, 0.29) is 12.2 Å². The summed E-state index contributed by atoms with van der Waals surface area (Å²) >= 11 is 0. The fraction of sp³-hybridized carbons (Fsp3) is 0.190. The number of hydrogen-bond acceptors (Lipinski definition) is 5. The number of nitrogens with one attached hydrogen (secondary N) is 3. The van der Waals surface area contributed by atoms with Crippen LogP contribution in [-0.2, 0) is 11.2 Å². The highest BCUT2D eigenvalue weighted by Gasteiger charge is 2.24. The second-order valence-corrected chi connectivity index (χ2v) is 6.46. The topological polar surface area (TPSA) is 114 Å². The number of benzene rings is 1. The first-order valence-electron chi connectivity index (χ1n) is 8.99. The lowest BCUT2D eigenvalue weighted by molar-refractivity contribution is -0.123. The van der Waals surface area contributed by atoms with Crippen LogP contribution in [0.4, 0.5) is 0 Å². The molecule has 3 aromatic rings. The number of rotatable bonds is 6. The van der Waals surface area contributed by atoms with Crippen LogP contribution in [0, 0.1) is 13.8 Å². The molecule has 0 radical (unpaired) electrons. The number of carbonyl (C=O) groups is 3. The number of hydrogen-bond donors (Lipinski definition) is 3. The fourth-order valence-electron chi connectivity index (χ4n) is 2.83. The maximum atomic E-state index is 12.7. The molecule has 1 atom stereocenters. The van der Waals surface area contributed by atoms with Gasteiger partial charge in [0.1, 0.15) is 17.6 Å². The van der Waals surface area contributed by atoms with Crippen LogP contribution in [0.3, 0.4) is 0 Å². The van der Waals surface area contributed by atoms with Gasteiger partial charge in [-0.25, -0.2) is 0 Å². The molecule has 150 valence electrons. The molecule has 0 fully saturated rings. The van der Waals surface area contributed by atoms with Crippen LogP contribution in [0.25, 0.3) is 0 Å². The quantitative estimate of drug-likeness (QED) is 0.554. The van der Waals surface area contributed by atoms with Crippen molar-refractivity contribution >= 4 is 17.7 Å². The van der Waals surface area contributed by atoms with Crippen LogP contribution in [0.5, 0.6) is 0 Å². The average molecular weight is 395 g/mol. The molecule has 3 rings (SSSR count). The monoisotopic (exact) mass is 395 g/mol. The predicted molar refractivity (Wildman–Crippen MR) is 104 cm³/mol. The molecule has 8 nitrogen and oxygen atoms in total. The van der Waals surface area contributed by atoms with Crippen molar-refractivity contribution in [3.05, 3.63) is 83.2 Å². The summed E-state index contributed by atoms with van der Waals surface area (Å²) < 4.78 is 10.4. The standard InChI is InChI=1S/C21H21N3O5/c1-13-11-16(14(2)29-13)19(25)23-24-20(26)17(12-15-7-4-3-5-8-15)22-21(27)18-9-6-10-28-18/h3-11,17H,12H2,1-2H3,(H,22,27)(H,23,25)(H,24,26)/t17-/m0/s1. The summed E-state index contributed by atoms with van der Waals surface area (Å²) in [7, 11) is 0. The van der Waals surface area contributed by atoms with E-state index < -0.39 is 23.8 Å². The van der Waals surface area contributed by atoms with E-state index in [9.17, 15) is 14.4 Å². The molecule has 3 N–H and O–H groups in total. The third-order valence-corrected chi connectivity index (χ3v) is 4.23. The summed E-state index contributed by atoms with van der Waals surface area (Å²) in [6.45, 7) is 3.38. The van der Waals surface area contributed by atoms with Crippen LogP contribution in [0.2, 0.25) is 0 Å². The molecule has 2 heterocycles. The third kappa shape index (κ3) is 5.13. The van der Waals surface area contributed by atoms with Crippen molar-refractivity contribution in [1.29, 1.82) is 0 Å². The number of aryl methyl sites for hydroxylation is 2. The maximum Gasteiger partial charge on any atom is 0.287 e. The van der Waals surface area contributed by atoms with E-state index in [2.05, 4.69) is 16.2 Å². The highest BCUT2D eigenvalue weighted by atomic mass is 16.3. The zero-order chi connectivity index (χ0) is 20.8. The molecule has 0 saturated carbocycles. The minimum atomic E-state index is -0.928. The summed E-state index contributed by atoms with van der Waals surface area (Å²) in [5, 5.41) is 2.63. The SMILES string of the molecule is Cc1cc(C(=O)NNC(=O)[C@H](Cc2ccccc2)NC(=O)c2ccco2)c(C)o1. The molecule has 0 saturated heterocycles. The van der Waals surface area contributed by atoms with Gasteiger partial charge in [-0.05, 0) is 37.6 Å². The average Bonchev–Trinajstić information content (AvgIpc) is 3.35. The predicted octanol–water partition coefficient (Wildman–Crippen LogP) is 2.29. The van der Waals surface area contributed by atoms with Gasteiger partial charge in [-0.15, -0.1) is 0 Å². The van der Waals surface area contributed by atoms with Crippen LogP contribution in [0.15, 0.2) is 63.6 Å². The molecule has 2 aromatic heterocycles. The molecule has 0 spiro atoms. The lowest BCUT2D eigenvalue weighted by atomic mass is 10.1. The Bertz CT molecular complexity index is 993. The summed E-state index contributed by atoms with van der Waals surface area (Å²) in [5.41, 5.74) is 5.89. The van der Waals surface area contributed by atoms with Gasteiger partial charge in [0.2, 0.25) is 0 Å². The first-order valence-corrected chi connectivity index (χ1v) is 8.99. The van der Waals surface area contributed by atoms with Gasteiger partial charge >= 0.3 is 0 Å². The first kappa shape index (κ1) is 19.9. The summed E-state index contributed by atoms with van der Waals surface area (Å²) in [6, 6.07) is 12.9. The van der Waals surface area contributed by atoms with Crippen LogP contribution in [-0.4, -0.2) is 23.8 Å². The molecule has 0 bridgehead atoms. The number of carbonyl (C=O) groups excluding carboxylic acids is 3. The third-order valence-electron chi connectivity index (χ3n) is 4.23. The highest BCUT2D eigenvalue weighted by molar-refractivity contribution is 5.98. The molecular weight excluding hydrogens is 374 g/mol. The Hall–Kier alpha value is -3.81. The molecule has 0 unspecified atom stereocenters. The summed E-state index contributed by atoms with van der Waals surface area (Å²) in [4.78, 5) is 37.3. The summed E-state index contributed by atoms with van der Waals surface area (Å²) in [6.07, 6.45) is 1.61. The smallest absolute Gasteiger partial charge is 0.287 e. The zero-order valence-corrected chi connectivity index (χ0v) is 16.0. The van der Waals surface area contributed by atoms with Gasteiger partial charge < -0.3 is 14.2 Å². The van der Waals surface area contributed by atoms with Gasteiger partial charge in [0, 0.05) is 6.42 Å². The van der Waals surface area contributed by atoms with Crippen molar-refractivity contribution in [3.63, 3.8) is 0 Å². The van der Waals surface area contributed by atoms with E-state index in [1.165, 1.54) is 12.3 Å². The molecule has 29 heavy (non-hydrogen) atoms.